The van der Waals surface area contributed by atoms with Crippen LogP contribution in [0.5, 0.6) is 5.75 Å². The Kier molecular flexibility index (Phi) is 6.15. The molecule has 3 aromatic carbocycles. The molecule has 0 aliphatic carbocycles. The number of hydrogen-bond acceptors (Lipinski definition) is 3. The molecule has 1 unspecified atom stereocenters. The van der Waals surface area contributed by atoms with Gasteiger partial charge < -0.3 is 19.5 Å². The Morgan fingerprint density at radius 1 is 1.00 bits per heavy atom. The van der Waals surface area contributed by atoms with Crippen molar-refractivity contribution in [1.82, 2.24) is 19.2 Å². The third kappa shape index (κ3) is 4.33. The highest BCUT2D eigenvalue weighted by Crippen LogP contribution is 2.39. The number of methoxy groups -OCH3 is 1. The highest BCUT2D eigenvalue weighted by molar-refractivity contribution is 5.92. The fourth-order valence-corrected chi connectivity index (χ4v) is 5.25. The van der Waals surface area contributed by atoms with Crippen molar-refractivity contribution in [3.63, 3.8) is 0 Å². The molecule has 6 rings (SSSR count). The fraction of sp³-hybridized carbons (Fsp3) is 0.161. The molecule has 1 atom stereocenters. The number of benzene rings is 3. The number of fused-ring (bicyclic) bond motifs is 3. The first-order chi connectivity index (χ1) is 18.9. The summed E-state index contributed by atoms with van der Waals surface area (Å²) < 4.78 is 23.5. The summed E-state index contributed by atoms with van der Waals surface area (Å²) in [6, 6.07) is 25.1. The number of nitrogens with one attached hydrogen (secondary N) is 1. The lowest BCUT2D eigenvalue weighted by molar-refractivity contribution is 0.194. The van der Waals surface area contributed by atoms with Crippen LogP contribution in [0, 0.1) is 19.7 Å². The summed E-state index contributed by atoms with van der Waals surface area (Å²) >= 11 is 0. The van der Waals surface area contributed by atoms with Crippen LogP contribution in [0.15, 0.2) is 91.1 Å². The first kappa shape index (κ1) is 24.5. The lowest BCUT2D eigenvalue weighted by Crippen LogP contribution is -2.38. The second kappa shape index (κ2) is 9.79. The molecule has 2 aromatic heterocycles. The van der Waals surface area contributed by atoms with Gasteiger partial charge in [-0.3, -0.25) is 0 Å². The summed E-state index contributed by atoms with van der Waals surface area (Å²) in [5.74, 6) is 1.11. The SMILES string of the molecule is COc1ccc(C)cc1NC(=O)N1Cc2c(C)nn(-c3ccccc3)c2-n2cccc2C1c1ccc(F)cc1. The van der Waals surface area contributed by atoms with Crippen LogP contribution in [-0.4, -0.2) is 32.4 Å². The van der Waals surface area contributed by atoms with Crippen molar-refractivity contribution in [2.24, 2.45) is 0 Å². The summed E-state index contributed by atoms with van der Waals surface area (Å²) in [6.45, 7) is 4.21. The Morgan fingerprint density at radius 3 is 2.51 bits per heavy atom. The molecular weight excluding hydrogens is 493 g/mol. The number of nitrogens with zero attached hydrogens (tertiary/aromatic N) is 4. The number of halogens is 1. The van der Waals surface area contributed by atoms with Crippen molar-refractivity contribution in [3.8, 4) is 17.3 Å². The Labute approximate surface area is 226 Å². The predicted octanol–water partition coefficient (Wildman–Crippen LogP) is 6.56. The number of aromatic nitrogens is 3. The van der Waals surface area contributed by atoms with E-state index in [4.69, 9.17) is 9.84 Å². The van der Waals surface area contributed by atoms with Gasteiger partial charge in [-0.05, 0) is 73.5 Å². The van der Waals surface area contributed by atoms with Crippen molar-refractivity contribution >= 4 is 11.7 Å². The van der Waals surface area contributed by atoms with Gasteiger partial charge in [-0.15, -0.1) is 0 Å². The lowest BCUT2D eigenvalue weighted by Gasteiger charge is -2.31. The molecule has 5 aromatic rings. The van der Waals surface area contributed by atoms with E-state index in [2.05, 4.69) is 9.88 Å². The molecule has 0 saturated heterocycles. The number of carbonyl (C=O) groups excluding carboxylic acids is 1. The van der Waals surface area contributed by atoms with Crippen LogP contribution in [0.25, 0.3) is 11.5 Å². The number of hydrogen-bond donors (Lipinski definition) is 1. The van der Waals surface area contributed by atoms with E-state index in [9.17, 15) is 9.18 Å². The fourth-order valence-electron chi connectivity index (χ4n) is 5.25. The smallest absolute Gasteiger partial charge is 0.323 e. The molecule has 0 spiro atoms. The van der Waals surface area contributed by atoms with Gasteiger partial charge in [0.05, 0.1) is 42.5 Å². The van der Waals surface area contributed by atoms with Crippen LogP contribution >= 0.6 is 0 Å². The molecule has 1 N–H and O–H groups in total. The van der Waals surface area contributed by atoms with Gasteiger partial charge in [0.25, 0.3) is 0 Å². The van der Waals surface area contributed by atoms with Gasteiger partial charge in [-0.25, -0.2) is 13.9 Å². The Morgan fingerprint density at radius 2 is 1.77 bits per heavy atom. The normalized spacial score (nSPS) is 14.4. The molecule has 3 heterocycles. The van der Waals surface area contributed by atoms with Crippen LogP contribution in [0.1, 0.15) is 34.1 Å². The Balaban J connectivity index is 1.53. The number of rotatable bonds is 4. The van der Waals surface area contributed by atoms with Gasteiger partial charge in [0.1, 0.15) is 17.4 Å². The average molecular weight is 522 g/mol. The third-order valence-corrected chi connectivity index (χ3v) is 7.13. The number of urea groups is 1. The Hall–Kier alpha value is -4.85. The zero-order chi connectivity index (χ0) is 27.1. The molecule has 0 radical (unpaired) electrons. The minimum absolute atomic E-state index is 0.289. The van der Waals surface area contributed by atoms with Crippen LogP contribution < -0.4 is 10.1 Å². The summed E-state index contributed by atoms with van der Waals surface area (Å²) in [7, 11) is 1.58. The average Bonchev–Trinajstić information content (AvgIpc) is 3.50. The van der Waals surface area contributed by atoms with E-state index in [0.717, 1.165) is 39.6 Å². The van der Waals surface area contributed by atoms with Crippen LogP contribution in [-0.2, 0) is 6.54 Å². The minimum Gasteiger partial charge on any atom is -0.495 e. The minimum atomic E-state index is -0.493. The van der Waals surface area contributed by atoms with E-state index < -0.39 is 6.04 Å². The van der Waals surface area contributed by atoms with Gasteiger partial charge in [0, 0.05) is 11.8 Å². The maximum absolute atomic E-state index is 14.1. The first-order valence-corrected chi connectivity index (χ1v) is 12.7. The van der Waals surface area contributed by atoms with Crippen LogP contribution in [0.4, 0.5) is 14.9 Å². The highest BCUT2D eigenvalue weighted by Gasteiger charge is 2.36. The number of anilines is 1. The van der Waals surface area contributed by atoms with Crippen molar-refractivity contribution in [3.05, 3.63) is 125 Å². The molecule has 0 bridgehead atoms. The predicted molar refractivity (Wildman–Crippen MR) is 148 cm³/mol. The summed E-state index contributed by atoms with van der Waals surface area (Å²) in [5.41, 5.74) is 5.90. The van der Waals surface area contributed by atoms with E-state index in [1.807, 2.05) is 85.4 Å². The molecule has 1 aliphatic heterocycles. The van der Waals surface area contributed by atoms with E-state index >= 15 is 0 Å². The molecule has 196 valence electrons. The van der Waals surface area contributed by atoms with Gasteiger partial charge in [0.2, 0.25) is 0 Å². The van der Waals surface area contributed by atoms with Crippen molar-refractivity contribution < 1.29 is 13.9 Å². The molecule has 0 fully saturated rings. The second-order valence-corrected chi connectivity index (χ2v) is 9.65. The zero-order valence-electron chi connectivity index (χ0n) is 21.9. The van der Waals surface area contributed by atoms with E-state index in [-0.39, 0.29) is 18.4 Å². The molecule has 0 saturated carbocycles. The lowest BCUT2D eigenvalue weighted by atomic mass is 10.0. The highest BCUT2D eigenvalue weighted by atomic mass is 19.1. The van der Waals surface area contributed by atoms with Crippen LogP contribution in [0.3, 0.4) is 0 Å². The topological polar surface area (TPSA) is 64.3 Å². The monoisotopic (exact) mass is 521 g/mol. The van der Waals surface area contributed by atoms with E-state index in [0.29, 0.717) is 11.4 Å². The summed E-state index contributed by atoms with van der Waals surface area (Å²) in [6.07, 6.45) is 1.98. The zero-order valence-corrected chi connectivity index (χ0v) is 21.9. The number of aryl methyl sites for hydroxylation is 2. The summed E-state index contributed by atoms with van der Waals surface area (Å²) in [4.78, 5) is 15.9. The van der Waals surface area contributed by atoms with Crippen molar-refractivity contribution in [1.29, 1.82) is 0 Å². The largest absolute Gasteiger partial charge is 0.495 e. The van der Waals surface area contributed by atoms with Gasteiger partial charge >= 0.3 is 6.03 Å². The summed E-state index contributed by atoms with van der Waals surface area (Å²) in [5, 5.41) is 7.95. The van der Waals surface area contributed by atoms with E-state index in [1.54, 1.807) is 24.1 Å². The van der Waals surface area contributed by atoms with Gasteiger partial charge in [-0.2, -0.15) is 5.10 Å². The molecule has 1 aliphatic rings. The molecular formula is C31H28FN5O2. The Bertz CT molecular complexity index is 1660. The van der Waals surface area contributed by atoms with Gasteiger partial charge in [0.15, 0.2) is 0 Å². The second-order valence-electron chi connectivity index (χ2n) is 9.65. The number of carbonyl (C=O) groups is 1. The first-order valence-electron chi connectivity index (χ1n) is 12.7. The molecule has 7 nitrogen and oxygen atoms in total. The molecule has 39 heavy (non-hydrogen) atoms. The van der Waals surface area contributed by atoms with E-state index in [1.165, 1.54) is 12.1 Å². The number of amides is 2. The quantitative estimate of drug-likeness (QED) is 0.291. The maximum atomic E-state index is 14.1. The third-order valence-electron chi connectivity index (χ3n) is 7.13. The van der Waals surface area contributed by atoms with Crippen molar-refractivity contribution in [2.45, 2.75) is 26.4 Å². The molecule has 8 heteroatoms. The number of para-hydroxylation sites is 1. The maximum Gasteiger partial charge on any atom is 0.323 e. The van der Waals surface area contributed by atoms with Crippen LogP contribution in [0.2, 0.25) is 0 Å². The standard InChI is InChI=1S/C31H28FN5O2/c1-20-11-16-28(39-3)26(18-20)33-31(38)36-19-25-21(2)34-37(24-8-5-4-6-9-24)30(25)35-17-7-10-27(35)29(36)22-12-14-23(32)15-13-22/h4-18,29H,19H2,1-3H3,(H,33,38). The van der Waals surface area contributed by atoms with Crippen molar-refractivity contribution in [2.75, 3.05) is 12.4 Å². The number of ether oxygens (including phenoxy) is 1. The molecule has 2 amide bonds. The van der Waals surface area contributed by atoms with Gasteiger partial charge in [-0.1, -0.05) is 36.4 Å².